The molecule has 1 aliphatic carbocycles. The number of nitrogens with zero attached hydrogens (tertiary/aromatic N) is 1. The molecule has 18 heavy (non-hydrogen) atoms. The van der Waals surface area contributed by atoms with Crippen LogP contribution in [0.15, 0.2) is 0 Å². The van der Waals surface area contributed by atoms with E-state index in [2.05, 4.69) is 39.6 Å². The van der Waals surface area contributed by atoms with E-state index in [1.54, 1.807) is 7.11 Å². The van der Waals surface area contributed by atoms with Crippen LogP contribution in [-0.2, 0) is 4.74 Å². The topological polar surface area (TPSA) is 38.5 Å². The van der Waals surface area contributed by atoms with Crippen LogP contribution >= 0.6 is 0 Å². The van der Waals surface area contributed by atoms with E-state index < -0.39 is 0 Å². The van der Waals surface area contributed by atoms with Gasteiger partial charge in [0.15, 0.2) is 0 Å². The molecule has 0 spiro atoms. The normalized spacial score (nSPS) is 33.7. The molecule has 0 bridgehead atoms. The molecule has 0 heterocycles. The van der Waals surface area contributed by atoms with E-state index in [0.717, 1.165) is 13.2 Å². The molecule has 1 saturated carbocycles. The van der Waals surface area contributed by atoms with Crippen LogP contribution in [0.1, 0.15) is 47.0 Å². The van der Waals surface area contributed by atoms with Crippen LogP contribution in [0.2, 0.25) is 0 Å². The lowest BCUT2D eigenvalue weighted by Gasteiger charge is -2.54. The Hall–Kier alpha value is -0.120. The molecule has 108 valence electrons. The Morgan fingerprint density at radius 2 is 2.00 bits per heavy atom. The van der Waals surface area contributed by atoms with Crippen molar-refractivity contribution in [2.75, 3.05) is 27.3 Å². The van der Waals surface area contributed by atoms with Gasteiger partial charge in [-0.3, -0.25) is 4.90 Å². The molecule has 0 aromatic carbocycles. The summed E-state index contributed by atoms with van der Waals surface area (Å²) in [5.74, 6) is 0.635. The maximum absolute atomic E-state index is 6.17. The van der Waals surface area contributed by atoms with Gasteiger partial charge in [0, 0.05) is 25.2 Å². The molecule has 3 unspecified atom stereocenters. The molecule has 0 saturated heterocycles. The lowest BCUT2D eigenvalue weighted by atomic mass is 9.63. The van der Waals surface area contributed by atoms with Crippen LogP contribution in [0.25, 0.3) is 0 Å². The molecular weight excluding hydrogens is 224 g/mol. The highest BCUT2D eigenvalue weighted by Gasteiger charge is 2.46. The summed E-state index contributed by atoms with van der Waals surface area (Å²) in [4.78, 5) is 2.47. The summed E-state index contributed by atoms with van der Waals surface area (Å²) >= 11 is 0. The molecule has 0 aromatic rings. The van der Waals surface area contributed by atoms with Crippen LogP contribution < -0.4 is 5.73 Å². The zero-order valence-electron chi connectivity index (χ0n) is 13.1. The Bertz CT molecular complexity index is 267. The monoisotopic (exact) mass is 256 g/mol. The Kier molecular flexibility index (Phi) is 5.22. The zero-order valence-corrected chi connectivity index (χ0v) is 13.1. The van der Waals surface area contributed by atoms with Crippen molar-refractivity contribution in [2.45, 2.75) is 58.5 Å². The fourth-order valence-electron chi connectivity index (χ4n) is 3.69. The Morgan fingerprint density at radius 3 is 2.44 bits per heavy atom. The average Bonchev–Trinajstić information content (AvgIpc) is 2.28. The van der Waals surface area contributed by atoms with Crippen LogP contribution in [0, 0.1) is 11.3 Å². The van der Waals surface area contributed by atoms with Crippen molar-refractivity contribution in [1.29, 1.82) is 0 Å². The van der Waals surface area contributed by atoms with E-state index >= 15 is 0 Å². The third kappa shape index (κ3) is 3.06. The summed E-state index contributed by atoms with van der Waals surface area (Å²) in [7, 11) is 3.98. The van der Waals surface area contributed by atoms with Crippen LogP contribution in [0.3, 0.4) is 0 Å². The summed E-state index contributed by atoms with van der Waals surface area (Å²) in [5, 5.41) is 0. The Labute approximate surface area is 113 Å². The van der Waals surface area contributed by atoms with Gasteiger partial charge in [-0.15, -0.1) is 0 Å². The van der Waals surface area contributed by atoms with Crippen molar-refractivity contribution in [1.82, 2.24) is 4.90 Å². The van der Waals surface area contributed by atoms with Crippen LogP contribution in [0.4, 0.5) is 0 Å². The van der Waals surface area contributed by atoms with Crippen LogP contribution in [0.5, 0.6) is 0 Å². The maximum Gasteiger partial charge on any atom is 0.0615 e. The smallest absolute Gasteiger partial charge is 0.0615 e. The molecule has 1 aliphatic rings. The molecule has 3 nitrogen and oxygen atoms in total. The van der Waals surface area contributed by atoms with Crippen molar-refractivity contribution in [3.8, 4) is 0 Å². The molecule has 3 atom stereocenters. The van der Waals surface area contributed by atoms with Gasteiger partial charge in [0.25, 0.3) is 0 Å². The first-order valence-corrected chi connectivity index (χ1v) is 7.21. The molecule has 0 aliphatic heterocycles. The summed E-state index contributed by atoms with van der Waals surface area (Å²) in [6.45, 7) is 10.9. The van der Waals surface area contributed by atoms with E-state index in [1.165, 1.54) is 19.3 Å². The predicted molar refractivity (Wildman–Crippen MR) is 77.7 cm³/mol. The molecular formula is C15H32N2O. The first-order valence-electron chi connectivity index (χ1n) is 7.21. The number of rotatable bonds is 5. The molecule has 0 radical (unpaired) electrons. The average molecular weight is 256 g/mol. The van der Waals surface area contributed by atoms with Gasteiger partial charge in [0.1, 0.15) is 0 Å². The summed E-state index contributed by atoms with van der Waals surface area (Å²) in [5.41, 5.74) is 6.78. The second-order valence-corrected chi connectivity index (χ2v) is 6.99. The minimum absolute atomic E-state index is 0.146. The number of ether oxygens (including phenoxy) is 1. The standard InChI is InChI=1S/C15H32N2O/c1-12-9-14(3,4)7-8-15(12,11-16)17(5)13(2)10-18-6/h12-13H,7-11,16H2,1-6H3. The number of nitrogens with two attached hydrogens (primary N) is 1. The molecule has 1 fully saturated rings. The fraction of sp³-hybridized carbons (Fsp3) is 1.00. The number of likely N-dealkylation sites (N-methyl/N-ethyl adjacent to an activating group) is 1. The van der Waals surface area contributed by atoms with E-state index in [-0.39, 0.29) is 5.54 Å². The minimum atomic E-state index is 0.146. The van der Waals surface area contributed by atoms with Gasteiger partial charge in [-0.25, -0.2) is 0 Å². The Balaban J connectivity index is 2.85. The van der Waals surface area contributed by atoms with Gasteiger partial charge in [-0.05, 0) is 44.6 Å². The second-order valence-electron chi connectivity index (χ2n) is 6.99. The third-order valence-corrected chi connectivity index (χ3v) is 5.14. The maximum atomic E-state index is 6.17. The number of methoxy groups -OCH3 is 1. The molecule has 2 N–H and O–H groups in total. The van der Waals surface area contributed by atoms with Gasteiger partial charge in [-0.1, -0.05) is 20.8 Å². The first kappa shape index (κ1) is 15.9. The Morgan fingerprint density at radius 1 is 1.39 bits per heavy atom. The van der Waals surface area contributed by atoms with E-state index in [1.807, 2.05) is 0 Å². The molecule has 3 heteroatoms. The SMILES string of the molecule is COCC(C)N(C)C1(CN)CCC(C)(C)CC1C. The molecule has 0 aromatic heterocycles. The molecule has 1 rings (SSSR count). The summed E-state index contributed by atoms with van der Waals surface area (Å²) in [6.07, 6.45) is 3.72. The minimum Gasteiger partial charge on any atom is -0.383 e. The number of hydrogen-bond acceptors (Lipinski definition) is 3. The largest absolute Gasteiger partial charge is 0.383 e. The third-order valence-electron chi connectivity index (χ3n) is 5.14. The summed E-state index contributed by atoms with van der Waals surface area (Å²) in [6, 6.07) is 0.419. The van der Waals surface area contributed by atoms with Gasteiger partial charge in [0.2, 0.25) is 0 Å². The van der Waals surface area contributed by atoms with Gasteiger partial charge in [-0.2, -0.15) is 0 Å². The summed E-state index contributed by atoms with van der Waals surface area (Å²) < 4.78 is 5.30. The van der Waals surface area contributed by atoms with Crippen molar-refractivity contribution < 1.29 is 4.74 Å². The van der Waals surface area contributed by atoms with Crippen molar-refractivity contribution in [3.05, 3.63) is 0 Å². The van der Waals surface area contributed by atoms with Gasteiger partial charge >= 0.3 is 0 Å². The quantitative estimate of drug-likeness (QED) is 0.821. The number of hydrogen-bond donors (Lipinski definition) is 1. The van der Waals surface area contributed by atoms with Crippen molar-refractivity contribution in [2.24, 2.45) is 17.1 Å². The van der Waals surface area contributed by atoms with E-state index in [4.69, 9.17) is 10.5 Å². The highest BCUT2D eigenvalue weighted by Crippen LogP contribution is 2.46. The van der Waals surface area contributed by atoms with Crippen molar-refractivity contribution >= 4 is 0 Å². The molecule has 0 amide bonds. The highest BCUT2D eigenvalue weighted by atomic mass is 16.5. The lowest BCUT2D eigenvalue weighted by Crippen LogP contribution is -2.62. The van der Waals surface area contributed by atoms with Gasteiger partial charge < -0.3 is 10.5 Å². The van der Waals surface area contributed by atoms with E-state index in [9.17, 15) is 0 Å². The fourth-order valence-corrected chi connectivity index (χ4v) is 3.69. The highest BCUT2D eigenvalue weighted by molar-refractivity contribution is 5.02. The van der Waals surface area contributed by atoms with Crippen molar-refractivity contribution in [3.63, 3.8) is 0 Å². The first-order chi connectivity index (χ1) is 8.29. The second kappa shape index (κ2) is 5.89. The zero-order chi connectivity index (χ0) is 14.0. The van der Waals surface area contributed by atoms with E-state index in [0.29, 0.717) is 17.4 Å². The van der Waals surface area contributed by atoms with Crippen LogP contribution in [-0.4, -0.2) is 43.8 Å². The lowest BCUT2D eigenvalue weighted by molar-refractivity contribution is -0.0416. The van der Waals surface area contributed by atoms with Gasteiger partial charge in [0.05, 0.1) is 6.61 Å². The predicted octanol–water partition coefficient (Wildman–Crippen LogP) is 2.50.